The standard InChI is InChI=1S/C10H11BrN2O.C2H6/c1-3-10(14)13(4-2)9-5-8(11)6-12-7-9;1-2/h4-7H,2-3H2,1H3;1-2H3. The summed E-state index contributed by atoms with van der Waals surface area (Å²) in [6, 6.07) is 1.82. The van der Waals surface area contributed by atoms with Crippen molar-refractivity contribution in [3.8, 4) is 0 Å². The summed E-state index contributed by atoms with van der Waals surface area (Å²) in [6.45, 7) is 9.41. The van der Waals surface area contributed by atoms with Gasteiger partial charge in [0, 0.05) is 23.3 Å². The van der Waals surface area contributed by atoms with E-state index < -0.39 is 0 Å². The average molecular weight is 285 g/mol. The minimum absolute atomic E-state index is 0.0000926. The number of amides is 1. The molecule has 0 fully saturated rings. The quantitative estimate of drug-likeness (QED) is 0.847. The Hall–Kier alpha value is -1.16. The largest absolute Gasteiger partial charge is 0.287 e. The monoisotopic (exact) mass is 284 g/mol. The van der Waals surface area contributed by atoms with E-state index in [0.29, 0.717) is 6.42 Å². The third kappa shape index (κ3) is 4.14. The Balaban J connectivity index is 0.00000106. The molecule has 1 heterocycles. The molecule has 0 radical (unpaired) electrons. The maximum Gasteiger partial charge on any atom is 0.230 e. The molecule has 0 bridgehead atoms. The van der Waals surface area contributed by atoms with Gasteiger partial charge in [0.25, 0.3) is 0 Å². The van der Waals surface area contributed by atoms with Crippen LogP contribution in [0.4, 0.5) is 5.69 Å². The molecule has 1 rings (SSSR count). The molecule has 0 unspecified atom stereocenters. The summed E-state index contributed by atoms with van der Waals surface area (Å²) in [5, 5.41) is 0. The molecule has 1 aromatic rings. The number of pyridine rings is 1. The Morgan fingerprint density at radius 3 is 2.62 bits per heavy atom. The fourth-order valence-electron chi connectivity index (χ4n) is 1.05. The number of carbonyl (C=O) groups excluding carboxylic acids is 1. The highest BCUT2D eigenvalue weighted by molar-refractivity contribution is 9.10. The minimum Gasteiger partial charge on any atom is -0.287 e. The molecule has 0 aromatic carbocycles. The minimum atomic E-state index is -0.0000926. The van der Waals surface area contributed by atoms with E-state index in [0.717, 1.165) is 10.2 Å². The van der Waals surface area contributed by atoms with Crippen LogP contribution in [0.2, 0.25) is 0 Å². The molecule has 0 N–H and O–H groups in total. The first-order valence-corrected chi connectivity index (χ1v) is 6.03. The van der Waals surface area contributed by atoms with Gasteiger partial charge in [-0.1, -0.05) is 27.4 Å². The van der Waals surface area contributed by atoms with Gasteiger partial charge in [-0.05, 0) is 22.0 Å². The summed E-state index contributed by atoms with van der Waals surface area (Å²) < 4.78 is 0.839. The van der Waals surface area contributed by atoms with Crippen LogP contribution in [-0.4, -0.2) is 10.9 Å². The highest BCUT2D eigenvalue weighted by Gasteiger charge is 2.10. The lowest BCUT2D eigenvalue weighted by Gasteiger charge is -2.16. The molecule has 4 heteroatoms. The van der Waals surface area contributed by atoms with Crippen LogP contribution in [0.3, 0.4) is 0 Å². The fraction of sp³-hybridized carbons (Fsp3) is 0.333. The Morgan fingerprint density at radius 1 is 1.56 bits per heavy atom. The fourth-order valence-corrected chi connectivity index (χ4v) is 1.41. The van der Waals surface area contributed by atoms with Gasteiger partial charge >= 0.3 is 0 Å². The highest BCUT2D eigenvalue weighted by atomic mass is 79.9. The second-order valence-corrected chi connectivity index (χ2v) is 3.58. The lowest BCUT2D eigenvalue weighted by atomic mass is 10.3. The molecule has 1 amide bonds. The molecular formula is C12H17BrN2O. The predicted octanol–water partition coefficient (Wildman–Crippen LogP) is 3.76. The zero-order chi connectivity index (χ0) is 12.6. The van der Waals surface area contributed by atoms with Gasteiger partial charge in [-0.2, -0.15) is 0 Å². The zero-order valence-corrected chi connectivity index (χ0v) is 11.5. The first-order chi connectivity index (χ1) is 7.69. The smallest absolute Gasteiger partial charge is 0.230 e. The van der Waals surface area contributed by atoms with E-state index in [9.17, 15) is 4.79 Å². The van der Waals surface area contributed by atoms with Gasteiger partial charge in [0.05, 0.1) is 11.9 Å². The van der Waals surface area contributed by atoms with E-state index in [2.05, 4.69) is 27.5 Å². The molecule has 0 saturated carbocycles. The Kier molecular flexibility index (Phi) is 7.46. The molecule has 0 saturated heterocycles. The van der Waals surface area contributed by atoms with Crippen molar-refractivity contribution in [2.75, 3.05) is 4.90 Å². The summed E-state index contributed by atoms with van der Waals surface area (Å²) in [6.07, 6.45) is 5.23. The molecule has 1 aromatic heterocycles. The van der Waals surface area contributed by atoms with Crippen molar-refractivity contribution < 1.29 is 4.79 Å². The molecule has 16 heavy (non-hydrogen) atoms. The molecule has 0 aliphatic carbocycles. The molecule has 0 aliphatic rings. The number of hydrogen-bond acceptors (Lipinski definition) is 2. The number of rotatable bonds is 3. The maximum absolute atomic E-state index is 11.5. The summed E-state index contributed by atoms with van der Waals surface area (Å²) in [7, 11) is 0. The number of hydrogen-bond donors (Lipinski definition) is 0. The number of nitrogens with zero attached hydrogens (tertiary/aromatic N) is 2. The maximum atomic E-state index is 11.5. The molecule has 3 nitrogen and oxygen atoms in total. The van der Waals surface area contributed by atoms with E-state index in [-0.39, 0.29) is 5.91 Å². The van der Waals surface area contributed by atoms with Crippen molar-refractivity contribution in [2.45, 2.75) is 27.2 Å². The van der Waals surface area contributed by atoms with Crippen LogP contribution in [-0.2, 0) is 4.79 Å². The Bertz CT molecular complexity index is 353. The van der Waals surface area contributed by atoms with Crippen LogP contribution >= 0.6 is 15.9 Å². The van der Waals surface area contributed by atoms with Gasteiger partial charge in [0.15, 0.2) is 0 Å². The second kappa shape index (κ2) is 8.05. The van der Waals surface area contributed by atoms with Crippen molar-refractivity contribution in [3.63, 3.8) is 0 Å². The van der Waals surface area contributed by atoms with Gasteiger partial charge in [0.1, 0.15) is 0 Å². The van der Waals surface area contributed by atoms with Crippen molar-refractivity contribution in [1.82, 2.24) is 4.98 Å². The van der Waals surface area contributed by atoms with Crippen LogP contribution in [0.5, 0.6) is 0 Å². The van der Waals surface area contributed by atoms with Crippen molar-refractivity contribution in [1.29, 1.82) is 0 Å². The average Bonchev–Trinajstić information content (AvgIpc) is 2.32. The number of aromatic nitrogens is 1. The summed E-state index contributed by atoms with van der Waals surface area (Å²) in [5.74, 6) is -0.0000926. The molecule has 0 spiro atoms. The zero-order valence-electron chi connectivity index (χ0n) is 9.90. The van der Waals surface area contributed by atoms with Crippen molar-refractivity contribution in [3.05, 3.63) is 35.7 Å². The van der Waals surface area contributed by atoms with Gasteiger partial charge in [-0.15, -0.1) is 0 Å². The first-order valence-electron chi connectivity index (χ1n) is 5.24. The first kappa shape index (κ1) is 14.8. The summed E-state index contributed by atoms with van der Waals surface area (Å²) in [4.78, 5) is 16.9. The van der Waals surface area contributed by atoms with E-state index in [4.69, 9.17) is 0 Å². The lowest BCUT2D eigenvalue weighted by Crippen LogP contribution is -2.23. The number of halogens is 1. The second-order valence-electron chi connectivity index (χ2n) is 2.66. The molecule has 0 aliphatic heterocycles. The summed E-state index contributed by atoms with van der Waals surface area (Å²) >= 11 is 3.30. The van der Waals surface area contributed by atoms with Gasteiger partial charge < -0.3 is 0 Å². The van der Waals surface area contributed by atoms with Crippen LogP contribution in [0.15, 0.2) is 35.7 Å². The van der Waals surface area contributed by atoms with Crippen molar-refractivity contribution >= 4 is 27.5 Å². The van der Waals surface area contributed by atoms with E-state index in [1.54, 1.807) is 12.4 Å². The normalized spacial score (nSPS) is 8.75. The molecule has 0 atom stereocenters. The van der Waals surface area contributed by atoms with Gasteiger partial charge in [-0.25, -0.2) is 0 Å². The highest BCUT2D eigenvalue weighted by Crippen LogP contribution is 2.19. The SMILES string of the molecule is C=CN(C(=O)CC)c1cncc(Br)c1.CC. The summed E-state index contributed by atoms with van der Waals surface area (Å²) in [5.41, 5.74) is 0.723. The Morgan fingerprint density at radius 2 is 2.19 bits per heavy atom. The van der Waals surface area contributed by atoms with Crippen LogP contribution in [0.25, 0.3) is 0 Å². The third-order valence-electron chi connectivity index (χ3n) is 1.72. The van der Waals surface area contributed by atoms with Crippen LogP contribution in [0.1, 0.15) is 27.2 Å². The van der Waals surface area contributed by atoms with Crippen molar-refractivity contribution in [2.24, 2.45) is 0 Å². The predicted molar refractivity (Wildman–Crippen MR) is 71.3 cm³/mol. The van der Waals surface area contributed by atoms with E-state index >= 15 is 0 Å². The van der Waals surface area contributed by atoms with Crippen LogP contribution < -0.4 is 4.90 Å². The lowest BCUT2D eigenvalue weighted by molar-refractivity contribution is -0.117. The number of anilines is 1. The molecular weight excluding hydrogens is 268 g/mol. The van der Waals surface area contributed by atoms with E-state index in [1.165, 1.54) is 11.1 Å². The Labute approximate surface area is 105 Å². The number of carbonyl (C=O) groups is 1. The van der Waals surface area contributed by atoms with Gasteiger partial charge in [-0.3, -0.25) is 14.7 Å². The van der Waals surface area contributed by atoms with Gasteiger partial charge in [0.2, 0.25) is 5.91 Å². The van der Waals surface area contributed by atoms with Crippen LogP contribution in [0, 0.1) is 0 Å². The van der Waals surface area contributed by atoms with E-state index in [1.807, 2.05) is 26.8 Å². The molecule has 88 valence electrons. The third-order valence-corrected chi connectivity index (χ3v) is 2.16. The topological polar surface area (TPSA) is 33.2 Å².